The molecule has 4 rings (SSSR count). The average molecular weight is 367 g/mol. The van der Waals surface area contributed by atoms with E-state index in [-0.39, 0.29) is 5.82 Å². The second-order valence-electron chi connectivity index (χ2n) is 5.40. The van der Waals surface area contributed by atoms with E-state index in [9.17, 15) is 4.39 Å². The van der Waals surface area contributed by atoms with Gasteiger partial charge in [0, 0.05) is 5.75 Å². The number of halogens is 1. The van der Waals surface area contributed by atoms with Crippen molar-refractivity contribution in [3.63, 3.8) is 0 Å². The van der Waals surface area contributed by atoms with Gasteiger partial charge < -0.3 is 5.32 Å². The number of thioether (sulfide) groups is 1. The lowest BCUT2D eigenvalue weighted by Crippen LogP contribution is -1.92. The van der Waals surface area contributed by atoms with Gasteiger partial charge in [0.15, 0.2) is 4.34 Å². The van der Waals surface area contributed by atoms with Crippen LogP contribution in [-0.2, 0) is 5.75 Å². The zero-order chi connectivity index (χ0) is 17.1. The molecule has 0 spiro atoms. The molecule has 0 fully saturated rings. The van der Waals surface area contributed by atoms with E-state index in [2.05, 4.69) is 51.9 Å². The van der Waals surface area contributed by atoms with E-state index in [1.54, 1.807) is 30.0 Å². The Morgan fingerprint density at radius 3 is 2.64 bits per heavy atom. The molecule has 0 atom stereocenters. The zero-order valence-electron chi connectivity index (χ0n) is 13.1. The summed E-state index contributed by atoms with van der Waals surface area (Å²) in [4.78, 5) is 0. The summed E-state index contributed by atoms with van der Waals surface area (Å²) in [6.45, 7) is 0. The normalized spacial score (nSPS) is 10.9. The van der Waals surface area contributed by atoms with Crippen LogP contribution in [0.2, 0.25) is 0 Å². The van der Waals surface area contributed by atoms with Crippen LogP contribution >= 0.6 is 23.1 Å². The highest BCUT2D eigenvalue weighted by atomic mass is 32.2. The van der Waals surface area contributed by atoms with E-state index >= 15 is 0 Å². The van der Waals surface area contributed by atoms with Crippen LogP contribution in [0.1, 0.15) is 5.56 Å². The fourth-order valence-electron chi connectivity index (χ4n) is 2.55. The van der Waals surface area contributed by atoms with Gasteiger partial charge in [-0.1, -0.05) is 77.7 Å². The van der Waals surface area contributed by atoms with Gasteiger partial charge in [-0.3, -0.25) is 0 Å². The van der Waals surface area contributed by atoms with Crippen LogP contribution in [0.5, 0.6) is 0 Å². The minimum Gasteiger partial charge on any atom is -0.328 e. The van der Waals surface area contributed by atoms with Gasteiger partial charge in [-0.25, -0.2) is 4.39 Å². The molecule has 25 heavy (non-hydrogen) atoms. The van der Waals surface area contributed by atoms with E-state index in [0.29, 0.717) is 10.8 Å². The van der Waals surface area contributed by atoms with Crippen LogP contribution in [-0.4, -0.2) is 10.2 Å². The number of aromatic nitrogens is 2. The Hall–Kier alpha value is -2.44. The predicted molar refractivity (Wildman–Crippen MR) is 103 cm³/mol. The highest BCUT2D eigenvalue weighted by molar-refractivity contribution is 8.00. The number of fused-ring (bicyclic) bond motifs is 1. The molecule has 3 nitrogen and oxygen atoms in total. The van der Waals surface area contributed by atoms with Crippen molar-refractivity contribution in [2.75, 3.05) is 5.32 Å². The quantitative estimate of drug-likeness (QED) is 0.448. The van der Waals surface area contributed by atoms with Crippen molar-refractivity contribution in [3.05, 3.63) is 78.1 Å². The Balaban J connectivity index is 1.47. The van der Waals surface area contributed by atoms with Gasteiger partial charge in [-0.2, -0.15) is 0 Å². The molecule has 0 aliphatic heterocycles. The summed E-state index contributed by atoms with van der Waals surface area (Å²) in [6, 6.07) is 21.2. The van der Waals surface area contributed by atoms with Crippen molar-refractivity contribution in [2.45, 2.75) is 10.1 Å². The number of hydrogen-bond donors (Lipinski definition) is 1. The van der Waals surface area contributed by atoms with Crippen LogP contribution in [0.15, 0.2) is 71.1 Å². The van der Waals surface area contributed by atoms with Crippen LogP contribution in [0.25, 0.3) is 10.8 Å². The van der Waals surface area contributed by atoms with Gasteiger partial charge in [-0.15, -0.1) is 10.2 Å². The molecule has 124 valence electrons. The molecule has 0 saturated heterocycles. The fourth-order valence-corrected chi connectivity index (χ4v) is 4.32. The van der Waals surface area contributed by atoms with Crippen molar-refractivity contribution in [1.82, 2.24) is 10.2 Å². The third-order valence-corrected chi connectivity index (χ3v) is 5.77. The van der Waals surface area contributed by atoms with Crippen LogP contribution < -0.4 is 5.32 Å². The highest BCUT2D eigenvalue weighted by Gasteiger charge is 2.09. The minimum absolute atomic E-state index is 0.303. The van der Waals surface area contributed by atoms with Crippen LogP contribution in [0.4, 0.5) is 15.2 Å². The van der Waals surface area contributed by atoms with Crippen molar-refractivity contribution >= 4 is 44.7 Å². The summed E-state index contributed by atoms with van der Waals surface area (Å²) in [5, 5.41) is 14.3. The number of nitrogens with one attached hydrogen (secondary N) is 1. The summed E-state index contributed by atoms with van der Waals surface area (Å²) in [6.07, 6.45) is 0. The smallest absolute Gasteiger partial charge is 0.210 e. The third-order valence-electron chi connectivity index (χ3n) is 3.75. The molecule has 0 aliphatic rings. The minimum atomic E-state index is -0.303. The molecule has 6 heteroatoms. The maximum Gasteiger partial charge on any atom is 0.210 e. The van der Waals surface area contributed by atoms with Gasteiger partial charge in [0.25, 0.3) is 0 Å². The maximum absolute atomic E-state index is 13.7. The lowest BCUT2D eigenvalue weighted by atomic mass is 10.1. The van der Waals surface area contributed by atoms with E-state index in [0.717, 1.165) is 10.1 Å². The molecular formula is C19H14FN3S2. The van der Waals surface area contributed by atoms with Gasteiger partial charge in [0.2, 0.25) is 5.13 Å². The Morgan fingerprint density at radius 1 is 0.920 bits per heavy atom. The molecule has 1 heterocycles. The molecule has 0 radical (unpaired) electrons. The Kier molecular flexibility index (Phi) is 4.63. The number of hydrogen-bond acceptors (Lipinski definition) is 5. The number of rotatable bonds is 5. The van der Waals surface area contributed by atoms with E-state index in [1.165, 1.54) is 33.7 Å². The standard InChI is InChI=1S/C19H14FN3S2/c20-16-10-3-4-11-17(16)21-18-22-23-19(25-18)24-12-14-8-5-7-13-6-1-2-9-15(13)14/h1-11H,12H2,(H,21,22). The first kappa shape index (κ1) is 16.1. The van der Waals surface area contributed by atoms with E-state index in [1.807, 2.05) is 6.07 Å². The highest BCUT2D eigenvalue weighted by Crippen LogP contribution is 2.32. The molecule has 4 aromatic rings. The molecular weight excluding hydrogens is 353 g/mol. The zero-order valence-corrected chi connectivity index (χ0v) is 14.8. The number of anilines is 2. The summed E-state index contributed by atoms with van der Waals surface area (Å²) in [5.74, 6) is 0.512. The molecule has 0 amide bonds. The first-order valence-electron chi connectivity index (χ1n) is 7.74. The Bertz CT molecular complexity index is 1010. The first-order chi connectivity index (χ1) is 12.3. The van der Waals surface area contributed by atoms with Crippen molar-refractivity contribution in [3.8, 4) is 0 Å². The van der Waals surface area contributed by atoms with E-state index in [4.69, 9.17) is 0 Å². The Morgan fingerprint density at radius 2 is 1.72 bits per heavy atom. The Labute approximate surface area is 152 Å². The van der Waals surface area contributed by atoms with Crippen molar-refractivity contribution in [1.29, 1.82) is 0 Å². The molecule has 0 aliphatic carbocycles. The summed E-state index contributed by atoms with van der Waals surface area (Å²) in [5.41, 5.74) is 1.67. The van der Waals surface area contributed by atoms with Crippen molar-refractivity contribution < 1.29 is 4.39 Å². The third kappa shape index (κ3) is 3.65. The molecule has 0 saturated carbocycles. The second kappa shape index (κ2) is 7.21. The van der Waals surface area contributed by atoms with Crippen LogP contribution in [0, 0.1) is 5.82 Å². The fraction of sp³-hybridized carbons (Fsp3) is 0.0526. The molecule has 1 N–H and O–H groups in total. The molecule has 3 aromatic carbocycles. The SMILES string of the molecule is Fc1ccccc1Nc1nnc(SCc2cccc3ccccc23)s1. The summed E-state index contributed by atoms with van der Waals surface area (Å²) >= 11 is 3.06. The predicted octanol–water partition coefficient (Wildman–Crippen LogP) is 5.87. The topological polar surface area (TPSA) is 37.8 Å². The average Bonchev–Trinajstić information content (AvgIpc) is 3.09. The van der Waals surface area contributed by atoms with E-state index < -0.39 is 0 Å². The van der Waals surface area contributed by atoms with Gasteiger partial charge in [0.1, 0.15) is 5.82 Å². The largest absolute Gasteiger partial charge is 0.328 e. The molecule has 0 unspecified atom stereocenters. The number of nitrogens with zero attached hydrogens (tertiary/aromatic N) is 2. The monoisotopic (exact) mass is 367 g/mol. The molecule has 0 bridgehead atoms. The molecule has 1 aromatic heterocycles. The summed E-state index contributed by atoms with van der Waals surface area (Å²) < 4.78 is 14.5. The number of para-hydroxylation sites is 1. The lowest BCUT2D eigenvalue weighted by molar-refractivity contribution is 0.632. The summed E-state index contributed by atoms with van der Waals surface area (Å²) in [7, 11) is 0. The van der Waals surface area contributed by atoms with Crippen molar-refractivity contribution in [2.24, 2.45) is 0 Å². The second-order valence-corrected chi connectivity index (χ2v) is 7.60. The lowest BCUT2D eigenvalue weighted by Gasteiger charge is -2.04. The maximum atomic E-state index is 13.7. The van der Waals surface area contributed by atoms with Gasteiger partial charge in [-0.05, 0) is 28.5 Å². The first-order valence-corrected chi connectivity index (χ1v) is 9.54. The van der Waals surface area contributed by atoms with Crippen LogP contribution in [0.3, 0.4) is 0 Å². The van der Waals surface area contributed by atoms with Gasteiger partial charge in [0.05, 0.1) is 5.69 Å². The number of benzene rings is 3. The van der Waals surface area contributed by atoms with Gasteiger partial charge >= 0.3 is 0 Å².